The van der Waals surface area contributed by atoms with Gasteiger partial charge in [-0.3, -0.25) is 0 Å². The van der Waals surface area contributed by atoms with Crippen molar-refractivity contribution in [3.8, 4) is 17.2 Å². The third-order valence-electron chi connectivity index (χ3n) is 5.67. The minimum absolute atomic E-state index is 0.130. The standard InChI is InChI=1S/C33H34O12/c1-7-29(34)41-19-25(43-31(36)9-3)17-39-27-13-11-23(15-21(27)5)33(38)45-24-12-14-28(22(6)16-24)40-18-26(44-32(37)10-4)20-42-30(35)8-2/h7-16,25-26H,1-4,17-20H2,5-6H3. The molecular formula is C33H34O12. The zero-order valence-electron chi connectivity index (χ0n) is 25.0. The fourth-order valence-electron chi connectivity index (χ4n) is 3.44. The highest BCUT2D eigenvalue weighted by Crippen LogP contribution is 2.26. The molecule has 45 heavy (non-hydrogen) atoms. The van der Waals surface area contributed by atoms with Gasteiger partial charge in [-0.2, -0.15) is 0 Å². The highest BCUT2D eigenvalue weighted by Gasteiger charge is 2.19. The van der Waals surface area contributed by atoms with Gasteiger partial charge in [-0.15, -0.1) is 0 Å². The summed E-state index contributed by atoms with van der Waals surface area (Å²) in [6, 6.07) is 9.30. The molecule has 0 aliphatic heterocycles. The normalized spacial score (nSPS) is 11.4. The van der Waals surface area contributed by atoms with E-state index >= 15 is 0 Å². The van der Waals surface area contributed by atoms with Gasteiger partial charge >= 0.3 is 29.8 Å². The van der Waals surface area contributed by atoms with Crippen LogP contribution in [0, 0.1) is 13.8 Å². The van der Waals surface area contributed by atoms with Crippen molar-refractivity contribution in [1.82, 2.24) is 0 Å². The van der Waals surface area contributed by atoms with E-state index in [0.29, 0.717) is 22.6 Å². The zero-order valence-corrected chi connectivity index (χ0v) is 25.0. The monoisotopic (exact) mass is 622 g/mol. The van der Waals surface area contributed by atoms with Gasteiger partial charge in [0.15, 0.2) is 12.2 Å². The molecule has 0 saturated carbocycles. The van der Waals surface area contributed by atoms with Crippen molar-refractivity contribution in [2.24, 2.45) is 0 Å². The molecule has 0 spiro atoms. The maximum Gasteiger partial charge on any atom is 0.343 e. The lowest BCUT2D eigenvalue weighted by molar-refractivity contribution is -0.154. The van der Waals surface area contributed by atoms with Crippen LogP contribution in [0.2, 0.25) is 0 Å². The molecule has 0 aliphatic carbocycles. The summed E-state index contributed by atoms with van der Waals surface area (Å²) in [5, 5.41) is 0. The number of ether oxygens (including phenoxy) is 7. The first kappa shape index (κ1) is 35.5. The van der Waals surface area contributed by atoms with Crippen LogP contribution in [0.25, 0.3) is 0 Å². The summed E-state index contributed by atoms with van der Waals surface area (Å²) >= 11 is 0. The van der Waals surface area contributed by atoms with Gasteiger partial charge in [0.25, 0.3) is 0 Å². The van der Waals surface area contributed by atoms with E-state index < -0.39 is 42.1 Å². The van der Waals surface area contributed by atoms with E-state index in [0.717, 1.165) is 24.3 Å². The Balaban J connectivity index is 2.02. The zero-order chi connectivity index (χ0) is 33.4. The number of rotatable bonds is 18. The molecule has 2 atom stereocenters. The number of aryl methyl sites for hydroxylation is 2. The molecular weight excluding hydrogens is 588 g/mol. The predicted molar refractivity (Wildman–Crippen MR) is 161 cm³/mol. The molecule has 0 N–H and O–H groups in total. The Labute approximate surface area is 260 Å². The largest absolute Gasteiger partial charge is 0.489 e. The lowest BCUT2D eigenvalue weighted by atomic mass is 10.1. The van der Waals surface area contributed by atoms with Crippen molar-refractivity contribution < 1.29 is 57.1 Å². The number of hydrogen-bond donors (Lipinski definition) is 0. The molecule has 0 bridgehead atoms. The highest BCUT2D eigenvalue weighted by atomic mass is 16.6. The predicted octanol–water partition coefficient (Wildman–Crippen LogP) is 3.93. The summed E-state index contributed by atoms with van der Waals surface area (Å²) in [4.78, 5) is 58.9. The SMILES string of the molecule is C=CC(=O)OCC(COc1ccc(OC(=O)c2ccc(OCC(COC(=O)C=C)OC(=O)C=C)c(C)c2)cc1C)OC(=O)C=C. The van der Waals surface area contributed by atoms with Gasteiger partial charge in [-0.25, -0.2) is 24.0 Å². The number of esters is 5. The summed E-state index contributed by atoms with van der Waals surface area (Å²) in [6.45, 7) is 16.0. The van der Waals surface area contributed by atoms with E-state index in [1.165, 1.54) is 12.1 Å². The van der Waals surface area contributed by atoms with Crippen molar-refractivity contribution in [3.05, 3.63) is 104 Å². The molecule has 0 aliphatic rings. The summed E-state index contributed by atoms with van der Waals surface area (Å²) in [5.41, 5.74) is 1.45. The van der Waals surface area contributed by atoms with Gasteiger partial charge in [-0.05, 0) is 61.4 Å². The van der Waals surface area contributed by atoms with E-state index in [4.69, 9.17) is 33.2 Å². The van der Waals surface area contributed by atoms with E-state index in [2.05, 4.69) is 26.3 Å². The second-order valence-corrected chi connectivity index (χ2v) is 9.11. The molecule has 2 unspecified atom stereocenters. The first-order chi connectivity index (χ1) is 21.5. The summed E-state index contributed by atoms with van der Waals surface area (Å²) < 4.78 is 37.2. The Morgan fingerprint density at radius 2 is 1.07 bits per heavy atom. The Morgan fingerprint density at radius 1 is 0.622 bits per heavy atom. The maximum atomic E-state index is 12.8. The van der Waals surface area contributed by atoms with E-state index in [9.17, 15) is 24.0 Å². The molecule has 2 aromatic rings. The Bertz CT molecular complexity index is 1440. The van der Waals surface area contributed by atoms with Gasteiger partial charge < -0.3 is 33.2 Å². The number of benzene rings is 2. The molecule has 0 heterocycles. The molecule has 0 saturated heterocycles. The van der Waals surface area contributed by atoms with Gasteiger partial charge in [0, 0.05) is 24.3 Å². The topological polar surface area (TPSA) is 150 Å². The van der Waals surface area contributed by atoms with Crippen molar-refractivity contribution in [2.75, 3.05) is 26.4 Å². The van der Waals surface area contributed by atoms with Crippen LogP contribution in [0.4, 0.5) is 0 Å². The van der Waals surface area contributed by atoms with Crippen molar-refractivity contribution in [2.45, 2.75) is 26.1 Å². The van der Waals surface area contributed by atoms with Crippen LogP contribution in [-0.4, -0.2) is 68.5 Å². The maximum absolute atomic E-state index is 12.8. The second kappa shape index (κ2) is 18.1. The van der Waals surface area contributed by atoms with Crippen LogP contribution in [0.1, 0.15) is 21.5 Å². The third-order valence-corrected chi connectivity index (χ3v) is 5.67. The first-order valence-electron chi connectivity index (χ1n) is 13.4. The Morgan fingerprint density at radius 3 is 1.49 bits per heavy atom. The molecule has 0 fully saturated rings. The molecule has 2 aromatic carbocycles. The summed E-state index contributed by atoms with van der Waals surface area (Å²) in [7, 11) is 0. The summed E-state index contributed by atoms with van der Waals surface area (Å²) in [5.74, 6) is -2.36. The number of hydrogen-bond acceptors (Lipinski definition) is 12. The molecule has 0 radical (unpaired) electrons. The fraction of sp³-hybridized carbons (Fsp3) is 0.242. The van der Waals surface area contributed by atoms with Crippen molar-refractivity contribution in [3.63, 3.8) is 0 Å². The first-order valence-corrected chi connectivity index (χ1v) is 13.4. The lowest BCUT2D eigenvalue weighted by Crippen LogP contribution is -2.30. The quantitative estimate of drug-likeness (QED) is 0.103. The second-order valence-electron chi connectivity index (χ2n) is 9.11. The average Bonchev–Trinajstić information content (AvgIpc) is 3.03. The molecule has 2 rings (SSSR count). The van der Waals surface area contributed by atoms with E-state index in [-0.39, 0.29) is 37.7 Å². The number of carbonyl (C=O) groups excluding carboxylic acids is 5. The Hall–Kier alpha value is -5.65. The van der Waals surface area contributed by atoms with Crippen LogP contribution < -0.4 is 14.2 Å². The van der Waals surface area contributed by atoms with Crippen LogP contribution in [-0.2, 0) is 38.1 Å². The number of carbonyl (C=O) groups is 5. The smallest absolute Gasteiger partial charge is 0.343 e. The molecule has 238 valence electrons. The van der Waals surface area contributed by atoms with Crippen LogP contribution in [0.3, 0.4) is 0 Å². The minimum atomic E-state index is -0.915. The summed E-state index contributed by atoms with van der Waals surface area (Å²) in [6.07, 6.45) is 2.09. The Kier molecular flexibility index (Phi) is 14.3. The van der Waals surface area contributed by atoms with Gasteiger partial charge in [0.05, 0.1) is 5.56 Å². The van der Waals surface area contributed by atoms with E-state index in [1.54, 1.807) is 38.1 Å². The van der Waals surface area contributed by atoms with Crippen molar-refractivity contribution >= 4 is 29.8 Å². The third kappa shape index (κ3) is 12.2. The van der Waals surface area contributed by atoms with Gasteiger partial charge in [0.2, 0.25) is 0 Å². The lowest BCUT2D eigenvalue weighted by Gasteiger charge is -2.19. The van der Waals surface area contributed by atoms with Crippen LogP contribution >= 0.6 is 0 Å². The molecule has 12 nitrogen and oxygen atoms in total. The van der Waals surface area contributed by atoms with Crippen molar-refractivity contribution in [1.29, 1.82) is 0 Å². The molecule has 0 amide bonds. The van der Waals surface area contributed by atoms with E-state index in [1.807, 2.05) is 0 Å². The molecule has 12 heteroatoms. The van der Waals surface area contributed by atoms with Crippen LogP contribution in [0.15, 0.2) is 87.0 Å². The van der Waals surface area contributed by atoms with Gasteiger partial charge in [-0.1, -0.05) is 26.3 Å². The fourth-order valence-corrected chi connectivity index (χ4v) is 3.44. The highest BCUT2D eigenvalue weighted by molar-refractivity contribution is 5.91. The van der Waals surface area contributed by atoms with Crippen LogP contribution in [0.5, 0.6) is 17.2 Å². The van der Waals surface area contributed by atoms with Gasteiger partial charge in [0.1, 0.15) is 43.7 Å². The molecule has 0 aromatic heterocycles. The average molecular weight is 623 g/mol. The minimum Gasteiger partial charge on any atom is -0.489 e.